The smallest absolute Gasteiger partial charge is 0.344 e. The largest absolute Gasteiger partial charge is 0.479 e. The molecule has 172 valence electrons. The van der Waals surface area contributed by atoms with Gasteiger partial charge in [0.2, 0.25) is 0 Å². The average Bonchev–Trinajstić information content (AvgIpc) is 2.89. The number of benzene rings is 4. The molecule has 1 atom stereocenters. The molecule has 1 N–H and O–H groups in total. The van der Waals surface area contributed by atoms with Gasteiger partial charge in [0.05, 0.1) is 17.1 Å². The molecule has 0 aliphatic rings. The number of nitrogens with zero attached hydrogens (tertiary/aromatic N) is 3. The zero-order valence-corrected chi connectivity index (χ0v) is 18.8. The lowest BCUT2D eigenvalue weighted by molar-refractivity contribution is -0.144. The fraction of sp³-hybridized carbons (Fsp3) is 0.0714. The molecule has 5 aromatic rings. The van der Waals surface area contributed by atoms with Crippen LogP contribution in [-0.4, -0.2) is 33.1 Å². The van der Waals surface area contributed by atoms with Gasteiger partial charge < -0.3 is 9.84 Å². The van der Waals surface area contributed by atoms with Crippen LogP contribution in [0.2, 0.25) is 0 Å². The van der Waals surface area contributed by atoms with Crippen LogP contribution in [0.15, 0.2) is 101 Å². The standard InChI is InChI=1S/C28H21N3O4/c1-18(28(33)34)35-25-16-15-19-9-5-6-12-21(19)23(25)17-29-31-26(20-10-3-2-4-11-20)30-24-14-8-7-13-22(24)27(31)32/h2-18H,1H3,(H,33,34)/t18-/m1/s1. The van der Waals surface area contributed by atoms with Crippen molar-refractivity contribution in [1.82, 2.24) is 9.66 Å². The summed E-state index contributed by atoms with van der Waals surface area (Å²) in [5, 5.41) is 16.1. The summed E-state index contributed by atoms with van der Waals surface area (Å²) in [6, 6.07) is 27.7. The van der Waals surface area contributed by atoms with E-state index in [0.29, 0.717) is 28.0 Å². The van der Waals surface area contributed by atoms with Gasteiger partial charge in [-0.2, -0.15) is 9.78 Å². The lowest BCUT2D eigenvalue weighted by atomic mass is 10.0. The monoisotopic (exact) mass is 463 g/mol. The Morgan fingerprint density at radius 3 is 2.40 bits per heavy atom. The summed E-state index contributed by atoms with van der Waals surface area (Å²) >= 11 is 0. The minimum atomic E-state index is -1.08. The third-order valence-electron chi connectivity index (χ3n) is 5.67. The van der Waals surface area contributed by atoms with Crippen LogP contribution in [0.4, 0.5) is 0 Å². The summed E-state index contributed by atoms with van der Waals surface area (Å²) in [4.78, 5) is 29.6. The zero-order valence-electron chi connectivity index (χ0n) is 18.8. The predicted molar refractivity (Wildman–Crippen MR) is 136 cm³/mol. The van der Waals surface area contributed by atoms with E-state index in [0.717, 1.165) is 16.3 Å². The van der Waals surface area contributed by atoms with Gasteiger partial charge in [-0.25, -0.2) is 9.78 Å². The van der Waals surface area contributed by atoms with Gasteiger partial charge in [-0.15, -0.1) is 0 Å². The highest BCUT2D eigenvalue weighted by Crippen LogP contribution is 2.28. The first kappa shape index (κ1) is 22.0. The van der Waals surface area contributed by atoms with E-state index in [1.54, 1.807) is 24.3 Å². The molecule has 1 heterocycles. The number of aromatic nitrogens is 2. The molecular formula is C28H21N3O4. The summed E-state index contributed by atoms with van der Waals surface area (Å²) in [6.45, 7) is 1.46. The third-order valence-corrected chi connectivity index (χ3v) is 5.67. The van der Waals surface area contributed by atoms with Crippen LogP contribution in [0.3, 0.4) is 0 Å². The number of ether oxygens (including phenoxy) is 1. The Morgan fingerprint density at radius 1 is 0.943 bits per heavy atom. The molecule has 0 saturated carbocycles. The second-order valence-corrected chi connectivity index (χ2v) is 7.98. The maximum absolute atomic E-state index is 13.5. The molecule has 35 heavy (non-hydrogen) atoms. The molecule has 0 saturated heterocycles. The minimum Gasteiger partial charge on any atom is -0.479 e. The maximum Gasteiger partial charge on any atom is 0.344 e. The molecule has 0 bridgehead atoms. The highest BCUT2D eigenvalue weighted by molar-refractivity contribution is 6.02. The van der Waals surface area contributed by atoms with E-state index in [-0.39, 0.29) is 5.56 Å². The van der Waals surface area contributed by atoms with Gasteiger partial charge in [-0.3, -0.25) is 4.79 Å². The fourth-order valence-corrected chi connectivity index (χ4v) is 3.87. The fourth-order valence-electron chi connectivity index (χ4n) is 3.87. The summed E-state index contributed by atoms with van der Waals surface area (Å²) in [5.74, 6) is -0.333. The van der Waals surface area contributed by atoms with Gasteiger partial charge in [0.15, 0.2) is 11.9 Å². The van der Waals surface area contributed by atoms with Gasteiger partial charge in [-0.1, -0.05) is 72.8 Å². The molecule has 7 heteroatoms. The first-order valence-corrected chi connectivity index (χ1v) is 11.1. The van der Waals surface area contributed by atoms with Gasteiger partial charge in [0.25, 0.3) is 5.56 Å². The molecule has 0 radical (unpaired) electrons. The van der Waals surface area contributed by atoms with Crippen molar-refractivity contribution in [1.29, 1.82) is 0 Å². The topological polar surface area (TPSA) is 93.8 Å². The molecule has 0 aliphatic carbocycles. The number of fused-ring (bicyclic) bond motifs is 2. The molecule has 0 spiro atoms. The third kappa shape index (κ3) is 4.27. The second kappa shape index (κ2) is 9.23. The number of para-hydroxylation sites is 1. The highest BCUT2D eigenvalue weighted by atomic mass is 16.5. The van der Waals surface area contributed by atoms with E-state index in [1.807, 2.05) is 66.7 Å². The Morgan fingerprint density at radius 2 is 1.63 bits per heavy atom. The summed E-state index contributed by atoms with van der Waals surface area (Å²) in [6.07, 6.45) is 0.463. The average molecular weight is 463 g/mol. The van der Waals surface area contributed by atoms with Crippen molar-refractivity contribution in [3.05, 3.63) is 107 Å². The predicted octanol–water partition coefficient (Wildman–Crippen LogP) is 4.95. The summed E-state index contributed by atoms with van der Waals surface area (Å²) < 4.78 is 6.99. The molecule has 5 rings (SSSR count). The molecule has 7 nitrogen and oxygen atoms in total. The van der Waals surface area contributed by atoms with E-state index in [2.05, 4.69) is 5.10 Å². The normalized spacial score (nSPS) is 12.3. The van der Waals surface area contributed by atoms with Crippen molar-refractivity contribution in [2.24, 2.45) is 5.10 Å². The van der Waals surface area contributed by atoms with E-state index in [4.69, 9.17) is 9.72 Å². The van der Waals surface area contributed by atoms with Crippen molar-refractivity contribution in [2.75, 3.05) is 0 Å². The van der Waals surface area contributed by atoms with Crippen molar-refractivity contribution >= 4 is 33.9 Å². The molecule has 0 unspecified atom stereocenters. The first-order valence-electron chi connectivity index (χ1n) is 11.1. The maximum atomic E-state index is 13.5. The van der Waals surface area contributed by atoms with Crippen molar-refractivity contribution < 1.29 is 14.6 Å². The van der Waals surface area contributed by atoms with E-state index >= 15 is 0 Å². The number of rotatable bonds is 6. The van der Waals surface area contributed by atoms with Crippen LogP contribution in [0.1, 0.15) is 12.5 Å². The van der Waals surface area contributed by atoms with Crippen LogP contribution < -0.4 is 10.3 Å². The van der Waals surface area contributed by atoms with Gasteiger partial charge in [0, 0.05) is 11.1 Å². The van der Waals surface area contributed by atoms with Crippen LogP contribution in [0.5, 0.6) is 5.75 Å². The minimum absolute atomic E-state index is 0.313. The van der Waals surface area contributed by atoms with Gasteiger partial charge in [-0.05, 0) is 35.9 Å². The molecule has 1 aromatic heterocycles. The van der Waals surface area contributed by atoms with E-state index < -0.39 is 12.1 Å². The van der Waals surface area contributed by atoms with E-state index in [1.165, 1.54) is 17.8 Å². The Balaban J connectivity index is 1.73. The van der Waals surface area contributed by atoms with Crippen molar-refractivity contribution in [3.63, 3.8) is 0 Å². The van der Waals surface area contributed by atoms with Crippen molar-refractivity contribution in [3.8, 4) is 17.1 Å². The van der Waals surface area contributed by atoms with Gasteiger partial charge in [0.1, 0.15) is 5.75 Å². The Labute approximate surface area is 200 Å². The second-order valence-electron chi connectivity index (χ2n) is 7.98. The number of hydrogen-bond acceptors (Lipinski definition) is 5. The summed E-state index contributed by atoms with van der Waals surface area (Å²) in [5.41, 5.74) is 1.57. The number of carboxylic acids is 1. The summed E-state index contributed by atoms with van der Waals surface area (Å²) in [7, 11) is 0. The highest BCUT2D eigenvalue weighted by Gasteiger charge is 2.17. The molecular weight excluding hydrogens is 442 g/mol. The number of aliphatic carboxylic acids is 1. The van der Waals surface area contributed by atoms with Crippen LogP contribution in [-0.2, 0) is 4.79 Å². The van der Waals surface area contributed by atoms with Crippen LogP contribution in [0.25, 0.3) is 33.1 Å². The Bertz CT molecular complexity index is 1640. The first-order chi connectivity index (χ1) is 17.0. The molecule has 0 amide bonds. The molecule has 0 fully saturated rings. The Kier molecular flexibility index (Phi) is 5.81. The van der Waals surface area contributed by atoms with Gasteiger partial charge >= 0.3 is 5.97 Å². The lowest BCUT2D eigenvalue weighted by Gasteiger charge is -2.15. The number of carbonyl (C=O) groups is 1. The van der Waals surface area contributed by atoms with Crippen LogP contribution >= 0.6 is 0 Å². The van der Waals surface area contributed by atoms with Crippen molar-refractivity contribution in [2.45, 2.75) is 13.0 Å². The zero-order chi connectivity index (χ0) is 24.4. The Hall–Kier alpha value is -4.78. The SMILES string of the molecule is C[C@@H](Oc1ccc2ccccc2c1C=Nn1c(-c2ccccc2)nc2ccccc2c1=O)C(=O)O. The quantitative estimate of drug-likeness (QED) is 0.360. The number of carboxylic acid groups (broad SMARTS) is 1. The molecule has 0 aliphatic heterocycles. The van der Waals surface area contributed by atoms with Crippen LogP contribution in [0, 0.1) is 0 Å². The number of hydrogen-bond donors (Lipinski definition) is 1. The molecule has 4 aromatic carbocycles. The lowest BCUT2D eigenvalue weighted by Crippen LogP contribution is -2.23. The van der Waals surface area contributed by atoms with E-state index in [9.17, 15) is 14.7 Å².